The zero-order chi connectivity index (χ0) is 19.5. The van der Waals surface area contributed by atoms with Crippen molar-refractivity contribution in [1.82, 2.24) is 10.6 Å². The summed E-state index contributed by atoms with van der Waals surface area (Å²) in [7, 11) is 0. The van der Waals surface area contributed by atoms with Gasteiger partial charge in [0.2, 0.25) is 5.91 Å². The van der Waals surface area contributed by atoms with Crippen molar-refractivity contribution in [2.24, 2.45) is 11.8 Å². The first-order valence-corrected chi connectivity index (χ1v) is 10.1. The smallest absolute Gasteiger partial charge is 0.251 e. The zero-order valence-corrected chi connectivity index (χ0v) is 16.6. The minimum atomic E-state index is -0.135. The fraction of sp³-hybridized carbons (Fsp3) is 0.619. The highest BCUT2D eigenvalue weighted by atomic mass is 16.5. The second kappa shape index (κ2) is 11.7. The Hall–Kier alpha value is -1.92. The lowest BCUT2D eigenvalue weighted by atomic mass is 9.85. The van der Waals surface area contributed by atoms with Crippen molar-refractivity contribution in [3.63, 3.8) is 0 Å². The average Bonchev–Trinajstić information content (AvgIpc) is 2.68. The van der Waals surface area contributed by atoms with Crippen LogP contribution in [0.4, 0.5) is 5.69 Å². The first-order chi connectivity index (χ1) is 13.1. The van der Waals surface area contributed by atoms with Crippen LogP contribution in [0.5, 0.6) is 0 Å². The Bertz CT molecular complexity index is 600. The van der Waals surface area contributed by atoms with Crippen LogP contribution in [0.3, 0.4) is 0 Å². The molecule has 0 radical (unpaired) electrons. The van der Waals surface area contributed by atoms with Crippen molar-refractivity contribution in [3.05, 3.63) is 29.8 Å². The summed E-state index contributed by atoms with van der Waals surface area (Å²) in [4.78, 5) is 24.6. The Morgan fingerprint density at radius 3 is 2.96 bits per heavy atom. The summed E-state index contributed by atoms with van der Waals surface area (Å²) >= 11 is 0. The van der Waals surface area contributed by atoms with Gasteiger partial charge in [-0.05, 0) is 69.3 Å². The van der Waals surface area contributed by atoms with E-state index in [4.69, 9.17) is 4.74 Å². The largest absolute Gasteiger partial charge is 0.382 e. The van der Waals surface area contributed by atoms with Gasteiger partial charge in [0.25, 0.3) is 5.91 Å². The number of ether oxygens (including phenoxy) is 1. The molecule has 2 rings (SSSR count). The van der Waals surface area contributed by atoms with Crippen molar-refractivity contribution in [3.8, 4) is 0 Å². The molecule has 27 heavy (non-hydrogen) atoms. The number of carbonyl (C=O) groups excluding carboxylic acids is 2. The van der Waals surface area contributed by atoms with Gasteiger partial charge in [-0.2, -0.15) is 0 Å². The number of rotatable bonds is 10. The van der Waals surface area contributed by atoms with E-state index in [1.54, 1.807) is 18.2 Å². The summed E-state index contributed by atoms with van der Waals surface area (Å²) in [5, 5.41) is 9.21. The van der Waals surface area contributed by atoms with Gasteiger partial charge in [0, 0.05) is 37.4 Å². The highest BCUT2D eigenvalue weighted by Crippen LogP contribution is 2.23. The van der Waals surface area contributed by atoms with Crippen LogP contribution in [0.15, 0.2) is 24.3 Å². The van der Waals surface area contributed by atoms with Crippen LogP contribution < -0.4 is 16.0 Å². The van der Waals surface area contributed by atoms with Gasteiger partial charge in [-0.1, -0.05) is 13.0 Å². The fourth-order valence-corrected chi connectivity index (χ4v) is 3.40. The number of carbonyl (C=O) groups is 2. The maximum Gasteiger partial charge on any atom is 0.251 e. The number of amides is 2. The first kappa shape index (κ1) is 21.4. The molecule has 0 aromatic heterocycles. The van der Waals surface area contributed by atoms with Crippen molar-refractivity contribution < 1.29 is 14.3 Å². The highest BCUT2D eigenvalue weighted by Gasteiger charge is 2.22. The molecule has 1 aliphatic heterocycles. The zero-order valence-electron chi connectivity index (χ0n) is 16.6. The molecule has 0 aliphatic carbocycles. The first-order valence-electron chi connectivity index (χ1n) is 10.1. The predicted octanol–water partition coefficient (Wildman–Crippen LogP) is 2.81. The highest BCUT2D eigenvalue weighted by molar-refractivity contribution is 5.97. The van der Waals surface area contributed by atoms with E-state index in [1.165, 1.54) is 12.8 Å². The standard InChI is InChI=1S/C21H33N3O3/c1-3-27-12-6-11-23-21(26)17-7-4-9-19(14-17)24-20(25)13-16(2)18-8-5-10-22-15-18/h4,7,9,14,16,18,22H,3,5-6,8,10-13,15H2,1-2H3,(H,23,26)(H,24,25). The van der Waals surface area contributed by atoms with Crippen LogP contribution in [-0.4, -0.2) is 44.7 Å². The van der Waals surface area contributed by atoms with E-state index >= 15 is 0 Å². The Kier molecular flexibility index (Phi) is 9.28. The molecule has 2 unspecified atom stereocenters. The Morgan fingerprint density at radius 2 is 2.22 bits per heavy atom. The van der Waals surface area contributed by atoms with Crippen LogP contribution in [0.25, 0.3) is 0 Å². The number of benzene rings is 1. The van der Waals surface area contributed by atoms with E-state index in [2.05, 4.69) is 22.9 Å². The molecule has 1 aliphatic rings. The van der Waals surface area contributed by atoms with Gasteiger partial charge in [0.1, 0.15) is 0 Å². The maximum absolute atomic E-state index is 12.4. The number of nitrogens with one attached hydrogen (secondary N) is 3. The lowest BCUT2D eigenvalue weighted by Crippen LogP contribution is -2.34. The lowest BCUT2D eigenvalue weighted by Gasteiger charge is -2.28. The van der Waals surface area contributed by atoms with Crippen molar-refractivity contribution >= 4 is 17.5 Å². The molecule has 6 heteroatoms. The molecular weight excluding hydrogens is 342 g/mol. The van der Waals surface area contributed by atoms with Crippen LogP contribution in [0.1, 0.15) is 49.9 Å². The molecule has 1 heterocycles. The predicted molar refractivity (Wildman–Crippen MR) is 108 cm³/mol. The van der Waals surface area contributed by atoms with Crippen LogP contribution in [-0.2, 0) is 9.53 Å². The molecular formula is C21H33N3O3. The monoisotopic (exact) mass is 375 g/mol. The second-order valence-corrected chi connectivity index (χ2v) is 7.22. The van der Waals surface area contributed by atoms with E-state index < -0.39 is 0 Å². The van der Waals surface area contributed by atoms with E-state index in [-0.39, 0.29) is 11.8 Å². The van der Waals surface area contributed by atoms with Gasteiger partial charge in [-0.15, -0.1) is 0 Å². The van der Waals surface area contributed by atoms with E-state index in [0.717, 1.165) is 19.5 Å². The van der Waals surface area contributed by atoms with Gasteiger partial charge in [0.05, 0.1) is 0 Å². The number of anilines is 1. The molecule has 0 bridgehead atoms. The third kappa shape index (κ3) is 7.69. The molecule has 2 amide bonds. The summed E-state index contributed by atoms with van der Waals surface area (Å²) in [5.74, 6) is 0.763. The van der Waals surface area contributed by atoms with Crippen molar-refractivity contribution in [2.45, 2.75) is 39.5 Å². The number of piperidine rings is 1. The van der Waals surface area contributed by atoms with E-state index in [1.807, 2.05) is 13.0 Å². The topological polar surface area (TPSA) is 79.5 Å². The minimum absolute atomic E-state index is 0.00217. The molecule has 2 atom stereocenters. The Balaban J connectivity index is 1.79. The summed E-state index contributed by atoms with van der Waals surface area (Å²) in [6, 6.07) is 7.09. The summed E-state index contributed by atoms with van der Waals surface area (Å²) < 4.78 is 5.26. The summed E-state index contributed by atoms with van der Waals surface area (Å²) in [6.07, 6.45) is 3.64. The third-order valence-corrected chi connectivity index (χ3v) is 5.01. The molecule has 1 saturated heterocycles. The fourth-order valence-electron chi connectivity index (χ4n) is 3.40. The maximum atomic E-state index is 12.4. The molecule has 6 nitrogen and oxygen atoms in total. The molecule has 0 spiro atoms. The Morgan fingerprint density at radius 1 is 1.37 bits per heavy atom. The molecule has 0 saturated carbocycles. The van der Waals surface area contributed by atoms with Crippen LogP contribution in [0.2, 0.25) is 0 Å². The average molecular weight is 376 g/mol. The molecule has 1 aromatic rings. The SMILES string of the molecule is CCOCCCNC(=O)c1cccc(NC(=O)CC(C)C2CCCNC2)c1. The number of hydrogen-bond acceptors (Lipinski definition) is 4. The third-order valence-electron chi connectivity index (χ3n) is 5.01. The lowest BCUT2D eigenvalue weighted by molar-refractivity contribution is -0.117. The van der Waals surface area contributed by atoms with Gasteiger partial charge in [-0.25, -0.2) is 0 Å². The Labute approximate surface area is 162 Å². The van der Waals surface area contributed by atoms with Crippen molar-refractivity contribution in [1.29, 1.82) is 0 Å². The van der Waals surface area contributed by atoms with Crippen LogP contribution in [0, 0.1) is 11.8 Å². The quantitative estimate of drug-likeness (QED) is 0.550. The molecule has 3 N–H and O–H groups in total. The van der Waals surface area contributed by atoms with E-state index in [9.17, 15) is 9.59 Å². The molecule has 1 fully saturated rings. The van der Waals surface area contributed by atoms with Crippen LogP contribution >= 0.6 is 0 Å². The van der Waals surface area contributed by atoms with Gasteiger partial charge >= 0.3 is 0 Å². The van der Waals surface area contributed by atoms with Gasteiger partial charge in [-0.3, -0.25) is 9.59 Å². The van der Waals surface area contributed by atoms with Crippen molar-refractivity contribution in [2.75, 3.05) is 38.2 Å². The van der Waals surface area contributed by atoms with Gasteiger partial charge in [0.15, 0.2) is 0 Å². The second-order valence-electron chi connectivity index (χ2n) is 7.22. The molecule has 1 aromatic carbocycles. The summed E-state index contributed by atoms with van der Waals surface area (Å²) in [6.45, 7) is 8.06. The summed E-state index contributed by atoms with van der Waals surface area (Å²) in [5.41, 5.74) is 1.21. The normalized spacial score (nSPS) is 17.9. The van der Waals surface area contributed by atoms with E-state index in [0.29, 0.717) is 49.3 Å². The number of hydrogen-bond donors (Lipinski definition) is 3. The van der Waals surface area contributed by atoms with Gasteiger partial charge < -0.3 is 20.7 Å². The molecule has 150 valence electrons. The minimum Gasteiger partial charge on any atom is -0.382 e.